The van der Waals surface area contributed by atoms with Crippen molar-refractivity contribution in [2.75, 3.05) is 19.7 Å². The van der Waals surface area contributed by atoms with Gasteiger partial charge in [-0.3, -0.25) is 0 Å². The largest absolute Gasteiger partial charge is 0.489 e. The maximum atomic E-state index is 14.5. The molecule has 0 saturated carbocycles. The van der Waals surface area contributed by atoms with Crippen LogP contribution in [0.1, 0.15) is 18.7 Å². The lowest BCUT2D eigenvalue weighted by Crippen LogP contribution is -2.19. The van der Waals surface area contributed by atoms with E-state index in [0.717, 1.165) is 43.6 Å². The molecule has 0 unspecified atom stereocenters. The van der Waals surface area contributed by atoms with Gasteiger partial charge in [0.15, 0.2) is 5.82 Å². The monoisotopic (exact) mass is 412 g/mol. The lowest BCUT2D eigenvalue weighted by molar-refractivity contribution is -0.134. The van der Waals surface area contributed by atoms with Gasteiger partial charge in [-0.25, -0.2) is 14.0 Å². The van der Waals surface area contributed by atoms with E-state index in [-0.39, 0.29) is 18.3 Å². The van der Waals surface area contributed by atoms with Crippen molar-refractivity contribution in [3.63, 3.8) is 0 Å². The van der Waals surface area contributed by atoms with Gasteiger partial charge in [-0.1, -0.05) is 19.0 Å². The Kier molecular flexibility index (Phi) is 7.04. The second kappa shape index (κ2) is 9.07. The van der Waals surface area contributed by atoms with Crippen LogP contribution in [0, 0.1) is 5.82 Å². The van der Waals surface area contributed by atoms with E-state index in [1.54, 1.807) is 6.07 Å². The predicted molar refractivity (Wildman–Crippen MR) is 104 cm³/mol. The third-order valence-corrected chi connectivity index (χ3v) is 4.71. The van der Waals surface area contributed by atoms with Crippen LogP contribution in [0.3, 0.4) is 0 Å². The fourth-order valence-electron chi connectivity index (χ4n) is 3.43. The Labute approximate surface area is 166 Å². The number of fused-ring (bicyclic) bond motifs is 3. The average Bonchev–Trinajstić information content (AvgIpc) is 2.78. The highest BCUT2D eigenvalue weighted by Gasteiger charge is 2.27. The molecule has 7 nitrogen and oxygen atoms in total. The molecular formula is C19H22ClFN2O5. The summed E-state index contributed by atoms with van der Waals surface area (Å²) in [6.07, 6.45) is 2.89. The number of hydrogen-bond acceptors (Lipinski definition) is 4. The van der Waals surface area contributed by atoms with Crippen molar-refractivity contribution in [2.45, 2.75) is 26.8 Å². The molecule has 28 heavy (non-hydrogen) atoms. The Balaban J connectivity index is 0.000000270. The number of aromatic nitrogens is 1. The normalized spacial score (nSPS) is 14.9. The molecule has 0 fully saturated rings. The first kappa shape index (κ1) is 21.7. The summed E-state index contributed by atoms with van der Waals surface area (Å²) in [5.74, 6) is -2.10. The Morgan fingerprint density at radius 3 is 2.50 bits per heavy atom. The summed E-state index contributed by atoms with van der Waals surface area (Å²) < 4.78 is 22.3. The highest BCUT2D eigenvalue weighted by atomic mass is 35.5. The summed E-state index contributed by atoms with van der Waals surface area (Å²) in [5.41, 5.74) is 3.23. The van der Waals surface area contributed by atoms with Crippen LogP contribution in [-0.4, -0.2) is 46.4 Å². The van der Waals surface area contributed by atoms with Gasteiger partial charge in [0.05, 0.1) is 17.1 Å². The molecule has 0 bridgehead atoms. The van der Waals surface area contributed by atoms with Crippen molar-refractivity contribution >= 4 is 34.4 Å². The summed E-state index contributed by atoms with van der Waals surface area (Å²) in [6.45, 7) is 3.24. The molecule has 1 aromatic carbocycles. The third-order valence-electron chi connectivity index (χ3n) is 4.43. The van der Waals surface area contributed by atoms with Crippen molar-refractivity contribution in [2.24, 2.45) is 0 Å². The Morgan fingerprint density at radius 1 is 1.21 bits per heavy atom. The zero-order chi connectivity index (χ0) is 19.6. The van der Waals surface area contributed by atoms with E-state index in [9.17, 15) is 14.0 Å². The first-order valence-electron chi connectivity index (χ1n) is 8.39. The minimum Gasteiger partial charge on any atom is -0.489 e. The van der Waals surface area contributed by atoms with Crippen molar-refractivity contribution in [1.29, 1.82) is 0 Å². The number of hydrogen-bond donors (Lipinski definition) is 3. The van der Waals surface area contributed by atoms with Crippen LogP contribution in [0.2, 0.25) is 5.02 Å². The lowest BCUT2D eigenvalue weighted by atomic mass is 10.1. The molecule has 2 aromatic rings. The van der Waals surface area contributed by atoms with Gasteiger partial charge in [0.1, 0.15) is 12.4 Å². The van der Waals surface area contributed by atoms with Crippen LogP contribution in [0.15, 0.2) is 18.2 Å². The smallest absolute Gasteiger partial charge is 0.328 e. The molecule has 0 amide bonds. The van der Waals surface area contributed by atoms with E-state index in [4.69, 9.17) is 26.6 Å². The SMILES string of the molecule is C.Fc1c(Cl)cc2c3c1c1c(n3CCO2)CCNCC1.O=C(O)/C=C\C(=O)O. The average molecular weight is 413 g/mol. The highest BCUT2D eigenvalue weighted by molar-refractivity contribution is 6.32. The number of nitrogens with one attached hydrogen (secondary N) is 1. The van der Waals surface area contributed by atoms with E-state index in [0.29, 0.717) is 29.9 Å². The molecule has 2 aliphatic heterocycles. The van der Waals surface area contributed by atoms with Crippen molar-refractivity contribution < 1.29 is 28.9 Å². The Morgan fingerprint density at radius 2 is 1.86 bits per heavy atom. The molecule has 9 heteroatoms. The first-order valence-corrected chi connectivity index (χ1v) is 8.77. The zero-order valence-electron chi connectivity index (χ0n) is 14.3. The maximum Gasteiger partial charge on any atom is 0.328 e. The van der Waals surface area contributed by atoms with Gasteiger partial charge in [0.2, 0.25) is 0 Å². The molecule has 0 radical (unpaired) electrons. The van der Waals surface area contributed by atoms with Crippen molar-refractivity contribution in [1.82, 2.24) is 9.88 Å². The van der Waals surface area contributed by atoms with Gasteiger partial charge in [-0.15, -0.1) is 0 Å². The Bertz CT molecular complexity index is 923. The number of carboxylic acid groups (broad SMARTS) is 2. The molecule has 0 spiro atoms. The highest BCUT2D eigenvalue weighted by Crippen LogP contribution is 2.40. The summed E-state index contributed by atoms with van der Waals surface area (Å²) in [5, 5.41) is 19.8. The van der Waals surface area contributed by atoms with E-state index >= 15 is 0 Å². The van der Waals surface area contributed by atoms with Crippen LogP contribution >= 0.6 is 11.6 Å². The van der Waals surface area contributed by atoms with Gasteiger partial charge in [-0.05, 0) is 18.5 Å². The molecule has 152 valence electrons. The number of nitrogens with zero attached hydrogens (tertiary/aromatic N) is 1. The minimum atomic E-state index is -1.26. The molecule has 1 aromatic heterocycles. The van der Waals surface area contributed by atoms with E-state index in [1.807, 2.05) is 0 Å². The topological polar surface area (TPSA) is 101 Å². The molecule has 3 heterocycles. The summed E-state index contributed by atoms with van der Waals surface area (Å²) >= 11 is 6.01. The van der Waals surface area contributed by atoms with E-state index in [2.05, 4.69) is 9.88 Å². The minimum absolute atomic E-state index is 0. The fourth-order valence-corrected chi connectivity index (χ4v) is 3.62. The van der Waals surface area contributed by atoms with Gasteiger partial charge in [0.25, 0.3) is 0 Å². The van der Waals surface area contributed by atoms with Crippen LogP contribution in [0.25, 0.3) is 10.9 Å². The number of carbonyl (C=O) groups is 2. The molecule has 3 N–H and O–H groups in total. The summed E-state index contributed by atoms with van der Waals surface area (Å²) in [6, 6.07) is 1.60. The molecule has 2 aliphatic rings. The van der Waals surface area contributed by atoms with Crippen molar-refractivity contribution in [3.05, 3.63) is 40.3 Å². The standard InChI is InChI=1S/C14H14ClFN2O.C4H4O4.CH4/c15-9-7-11-14-12(13(9)16)8-1-3-17-4-2-10(8)18(14)5-6-19-11;5-3(6)1-2-4(7)8;/h7,17H,1-6H2;1-2H,(H,5,6)(H,7,8);1H4/b;2-1-;. The van der Waals surface area contributed by atoms with E-state index < -0.39 is 11.9 Å². The molecule has 0 saturated heterocycles. The second-order valence-electron chi connectivity index (χ2n) is 6.08. The van der Waals surface area contributed by atoms with Crippen LogP contribution in [0.4, 0.5) is 4.39 Å². The van der Waals surface area contributed by atoms with Gasteiger partial charge in [-0.2, -0.15) is 0 Å². The second-order valence-corrected chi connectivity index (χ2v) is 6.49. The molecule has 0 aliphatic carbocycles. The zero-order valence-corrected chi connectivity index (χ0v) is 15.1. The van der Waals surface area contributed by atoms with Gasteiger partial charge >= 0.3 is 11.9 Å². The predicted octanol–water partition coefficient (Wildman–Crippen LogP) is 2.86. The number of aliphatic carboxylic acids is 2. The van der Waals surface area contributed by atoms with Crippen LogP contribution < -0.4 is 10.1 Å². The Hall–Kier alpha value is -2.58. The van der Waals surface area contributed by atoms with Gasteiger partial charge in [0, 0.05) is 42.3 Å². The summed E-state index contributed by atoms with van der Waals surface area (Å²) in [7, 11) is 0. The number of ether oxygens (including phenoxy) is 1. The number of rotatable bonds is 2. The number of carboxylic acids is 2. The maximum absolute atomic E-state index is 14.5. The number of halogens is 2. The summed E-state index contributed by atoms with van der Waals surface area (Å²) in [4.78, 5) is 19.1. The molecule has 0 atom stereocenters. The van der Waals surface area contributed by atoms with E-state index in [1.165, 1.54) is 5.69 Å². The quantitative estimate of drug-likeness (QED) is 0.656. The first-order chi connectivity index (χ1) is 12.9. The van der Waals surface area contributed by atoms with Gasteiger partial charge < -0.3 is 24.8 Å². The fraction of sp³-hybridized carbons (Fsp3) is 0.368. The van der Waals surface area contributed by atoms with Crippen LogP contribution in [0.5, 0.6) is 5.75 Å². The molecular weight excluding hydrogens is 391 g/mol. The van der Waals surface area contributed by atoms with Crippen molar-refractivity contribution in [3.8, 4) is 5.75 Å². The third kappa shape index (κ3) is 4.28. The molecule has 4 rings (SSSR count). The van der Waals surface area contributed by atoms with Crippen LogP contribution in [-0.2, 0) is 29.0 Å². The lowest BCUT2D eigenvalue weighted by Gasteiger charge is -2.19. The number of benzene rings is 1.